The fourth-order valence-corrected chi connectivity index (χ4v) is 1.42. The standard InChI is InChI=1S/C13H17N3O6/c1-15(2)13(18)7-14-12(17)8-22-11-6-9(16(19)20)4-5-10(11)21-3/h4-6H,7-8H2,1-3H3,(H,14,17). The van der Waals surface area contributed by atoms with Crippen LogP contribution < -0.4 is 14.8 Å². The first-order chi connectivity index (χ1) is 10.3. The Bertz CT molecular complexity index is 573. The molecule has 0 aliphatic heterocycles. The van der Waals surface area contributed by atoms with E-state index in [2.05, 4.69) is 5.32 Å². The summed E-state index contributed by atoms with van der Waals surface area (Å²) in [6.07, 6.45) is 0. The maximum atomic E-state index is 11.6. The number of ether oxygens (including phenoxy) is 2. The molecular weight excluding hydrogens is 294 g/mol. The van der Waals surface area contributed by atoms with E-state index >= 15 is 0 Å². The smallest absolute Gasteiger partial charge is 0.273 e. The van der Waals surface area contributed by atoms with Crippen LogP contribution in [0.5, 0.6) is 11.5 Å². The molecule has 0 spiro atoms. The van der Waals surface area contributed by atoms with E-state index in [0.29, 0.717) is 0 Å². The number of likely N-dealkylation sites (N-methyl/N-ethyl adjacent to an activating group) is 1. The van der Waals surface area contributed by atoms with Crippen molar-refractivity contribution in [2.45, 2.75) is 0 Å². The first-order valence-corrected chi connectivity index (χ1v) is 6.27. The maximum absolute atomic E-state index is 11.6. The van der Waals surface area contributed by atoms with Crippen LogP contribution in [0, 0.1) is 10.1 Å². The zero-order chi connectivity index (χ0) is 16.7. The molecule has 1 N–H and O–H groups in total. The molecule has 0 atom stereocenters. The van der Waals surface area contributed by atoms with Gasteiger partial charge < -0.3 is 19.7 Å². The Morgan fingerprint density at radius 3 is 2.55 bits per heavy atom. The van der Waals surface area contributed by atoms with E-state index in [1.807, 2.05) is 0 Å². The van der Waals surface area contributed by atoms with Gasteiger partial charge in [-0.1, -0.05) is 0 Å². The molecule has 9 nitrogen and oxygen atoms in total. The van der Waals surface area contributed by atoms with E-state index in [4.69, 9.17) is 9.47 Å². The van der Waals surface area contributed by atoms with Crippen LogP contribution in [0.1, 0.15) is 0 Å². The number of amides is 2. The summed E-state index contributed by atoms with van der Waals surface area (Å²) in [6.45, 7) is -0.542. The minimum Gasteiger partial charge on any atom is -0.493 e. The van der Waals surface area contributed by atoms with Gasteiger partial charge in [-0.2, -0.15) is 0 Å². The van der Waals surface area contributed by atoms with E-state index in [0.717, 1.165) is 6.07 Å². The highest BCUT2D eigenvalue weighted by Gasteiger charge is 2.14. The Morgan fingerprint density at radius 1 is 1.32 bits per heavy atom. The number of nitro benzene ring substituents is 1. The molecule has 0 heterocycles. The molecule has 2 amide bonds. The zero-order valence-electron chi connectivity index (χ0n) is 12.5. The van der Waals surface area contributed by atoms with Crippen molar-refractivity contribution in [1.82, 2.24) is 10.2 Å². The Balaban J connectivity index is 2.63. The maximum Gasteiger partial charge on any atom is 0.273 e. The lowest BCUT2D eigenvalue weighted by molar-refractivity contribution is -0.385. The third kappa shape index (κ3) is 4.93. The van der Waals surface area contributed by atoms with Gasteiger partial charge in [0.1, 0.15) is 0 Å². The molecule has 0 aliphatic rings. The second-order valence-corrected chi connectivity index (χ2v) is 4.45. The van der Waals surface area contributed by atoms with Gasteiger partial charge in [0, 0.05) is 20.2 Å². The van der Waals surface area contributed by atoms with Crippen molar-refractivity contribution in [3.8, 4) is 11.5 Å². The second kappa shape index (κ2) is 7.81. The van der Waals surface area contributed by atoms with Gasteiger partial charge in [0.15, 0.2) is 18.1 Å². The number of carbonyl (C=O) groups excluding carboxylic acids is 2. The van der Waals surface area contributed by atoms with Crippen LogP contribution in [0.15, 0.2) is 18.2 Å². The molecule has 0 unspecified atom stereocenters. The molecule has 22 heavy (non-hydrogen) atoms. The van der Waals surface area contributed by atoms with Gasteiger partial charge in [-0.3, -0.25) is 19.7 Å². The topological polar surface area (TPSA) is 111 Å². The van der Waals surface area contributed by atoms with E-state index in [1.165, 1.54) is 24.1 Å². The Hall–Kier alpha value is -2.84. The van der Waals surface area contributed by atoms with Gasteiger partial charge in [0.25, 0.3) is 11.6 Å². The lowest BCUT2D eigenvalue weighted by Crippen LogP contribution is -2.38. The number of hydrogen-bond acceptors (Lipinski definition) is 6. The number of benzene rings is 1. The lowest BCUT2D eigenvalue weighted by atomic mass is 10.3. The molecule has 1 aromatic carbocycles. The highest BCUT2D eigenvalue weighted by atomic mass is 16.6. The van der Waals surface area contributed by atoms with E-state index < -0.39 is 17.4 Å². The number of non-ortho nitro benzene ring substituents is 1. The fraction of sp³-hybridized carbons (Fsp3) is 0.385. The van der Waals surface area contributed by atoms with Gasteiger partial charge >= 0.3 is 0 Å². The van der Waals surface area contributed by atoms with E-state index in [-0.39, 0.29) is 29.6 Å². The van der Waals surface area contributed by atoms with Crippen LogP contribution in [0.3, 0.4) is 0 Å². The van der Waals surface area contributed by atoms with E-state index in [9.17, 15) is 19.7 Å². The predicted molar refractivity (Wildman–Crippen MR) is 76.8 cm³/mol. The van der Waals surface area contributed by atoms with Crippen molar-refractivity contribution in [1.29, 1.82) is 0 Å². The number of methoxy groups -OCH3 is 1. The molecule has 9 heteroatoms. The van der Waals surface area contributed by atoms with Gasteiger partial charge in [-0.05, 0) is 6.07 Å². The molecular formula is C13H17N3O6. The minimum absolute atomic E-state index is 0.0748. The third-order valence-corrected chi connectivity index (χ3v) is 2.65. The fourth-order valence-electron chi connectivity index (χ4n) is 1.42. The van der Waals surface area contributed by atoms with E-state index in [1.54, 1.807) is 14.1 Å². The molecule has 0 saturated carbocycles. The van der Waals surface area contributed by atoms with Crippen molar-refractivity contribution in [3.05, 3.63) is 28.3 Å². The molecule has 0 aromatic heterocycles. The quantitative estimate of drug-likeness (QED) is 0.568. The normalized spacial score (nSPS) is 9.77. The molecule has 0 saturated heterocycles. The number of carbonyl (C=O) groups is 2. The minimum atomic E-state index is -0.581. The van der Waals surface area contributed by atoms with Gasteiger partial charge in [0.2, 0.25) is 5.91 Å². The average molecular weight is 311 g/mol. The Kier molecular flexibility index (Phi) is 6.11. The first-order valence-electron chi connectivity index (χ1n) is 6.27. The number of hydrogen-bond donors (Lipinski definition) is 1. The molecule has 120 valence electrons. The molecule has 1 aromatic rings. The van der Waals surface area contributed by atoms with Crippen LogP contribution in [0.2, 0.25) is 0 Å². The molecule has 0 aliphatic carbocycles. The number of nitro groups is 1. The monoisotopic (exact) mass is 311 g/mol. The Labute approximate surface area is 126 Å². The van der Waals surface area contributed by atoms with Crippen LogP contribution in [0.4, 0.5) is 5.69 Å². The summed E-state index contributed by atoms with van der Waals surface area (Å²) < 4.78 is 10.2. The number of nitrogens with zero attached hydrogens (tertiary/aromatic N) is 2. The lowest BCUT2D eigenvalue weighted by Gasteiger charge is -2.12. The van der Waals surface area contributed by atoms with Crippen molar-refractivity contribution in [3.63, 3.8) is 0 Å². The molecule has 0 bridgehead atoms. The summed E-state index contributed by atoms with van der Waals surface area (Å²) >= 11 is 0. The second-order valence-electron chi connectivity index (χ2n) is 4.45. The average Bonchev–Trinajstić information content (AvgIpc) is 2.49. The summed E-state index contributed by atoms with van der Waals surface area (Å²) in [4.78, 5) is 34.4. The predicted octanol–water partition coefficient (Wildman–Crippen LogP) is 0.187. The number of rotatable bonds is 7. The Morgan fingerprint density at radius 2 is 2.00 bits per heavy atom. The summed E-state index contributed by atoms with van der Waals surface area (Å²) in [5.74, 6) is -0.446. The van der Waals surface area contributed by atoms with Crippen LogP contribution in [0.25, 0.3) is 0 Å². The summed E-state index contributed by atoms with van der Waals surface area (Å²) in [5.41, 5.74) is -0.181. The summed E-state index contributed by atoms with van der Waals surface area (Å²) in [7, 11) is 4.52. The van der Waals surface area contributed by atoms with Crippen LogP contribution in [-0.2, 0) is 9.59 Å². The molecule has 1 rings (SSSR count). The van der Waals surface area contributed by atoms with Gasteiger partial charge in [-0.25, -0.2) is 0 Å². The van der Waals surface area contributed by atoms with Crippen molar-refractivity contribution in [2.75, 3.05) is 34.4 Å². The van der Waals surface area contributed by atoms with Gasteiger partial charge in [-0.15, -0.1) is 0 Å². The number of nitrogens with one attached hydrogen (secondary N) is 1. The van der Waals surface area contributed by atoms with Gasteiger partial charge in [0.05, 0.1) is 24.6 Å². The first kappa shape index (κ1) is 17.2. The van der Waals surface area contributed by atoms with Crippen molar-refractivity contribution in [2.24, 2.45) is 0 Å². The highest BCUT2D eigenvalue weighted by molar-refractivity contribution is 5.85. The van der Waals surface area contributed by atoms with Crippen LogP contribution in [-0.4, -0.2) is 56.0 Å². The van der Waals surface area contributed by atoms with Crippen molar-refractivity contribution >= 4 is 17.5 Å². The highest BCUT2D eigenvalue weighted by Crippen LogP contribution is 2.30. The largest absolute Gasteiger partial charge is 0.493 e. The third-order valence-electron chi connectivity index (χ3n) is 2.65. The van der Waals surface area contributed by atoms with Crippen LogP contribution >= 0.6 is 0 Å². The SMILES string of the molecule is COc1ccc([N+](=O)[O-])cc1OCC(=O)NCC(=O)N(C)C. The summed E-state index contributed by atoms with van der Waals surface area (Å²) in [5, 5.41) is 13.1. The molecule has 0 fully saturated rings. The summed E-state index contributed by atoms with van der Waals surface area (Å²) in [6, 6.07) is 3.81. The zero-order valence-corrected chi connectivity index (χ0v) is 12.5. The van der Waals surface area contributed by atoms with Crippen molar-refractivity contribution < 1.29 is 24.0 Å². The molecule has 0 radical (unpaired) electrons.